The summed E-state index contributed by atoms with van der Waals surface area (Å²) in [5, 5.41) is 11.7. The van der Waals surface area contributed by atoms with E-state index in [0.29, 0.717) is 18.1 Å². The molecule has 4 aromatic rings. The summed E-state index contributed by atoms with van der Waals surface area (Å²) in [6.45, 7) is 3.25. The van der Waals surface area contributed by atoms with Crippen molar-refractivity contribution in [3.8, 4) is 16.9 Å². The monoisotopic (exact) mass is 359 g/mol. The number of rotatable bonds is 4. The second kappa shape index (κ2) is 6.31. The van der Waals surface area contributed by atoms with E-state index < -0.39 is 0 Å². The van der Waals surface area contributed by atoms with Crippen LogP contribution in [0.4, 0.5) is 5.95 Å². The minimum Gasteiger partial charge on any atom is -0.493 e. The Balaban J connectivity index is 1.47. The molecule has 0 unspecified atom stereocenters. The smallest absolute Gasteiger partial charge is 0.210 e. The maximum atomic E-state index is 5.64. The molecule has 0 radical (unpaired) electrons. The van der Waals surface area contributed by atoms with E-state index in [9.17, 15) is 0 Å². The van der Waals surface area contributed by atoms with Gasteiger partial charge in [0, 0.05) is 48.2 Å². The fourth-order valence-corrected chi connectivity index (χ4v) is 3.32. The lowest BCUT2D eigenvalue weighted by molar-refractivity contribution is 0.357. The Kier molecular flexibility index (Phi) is 3.67. The fourth-order valence-electron chi connectivity index (χ4n) is 3.32. The number of aryl methyl sites for hydroxylation is 1. The van der Waals surface area contributed by atoms with Crippen LogP contribution in [0.15, 0.2) is 43.1 Å². The Morgan fingerprint density at radius 2 is 2.04 bits per heavy atom. The number of nitrogens with zero attached hydrogens (tertiary/aromatic N) is 6. The predicted molar refractivity (Wildman–Crippen MR) is 99.5 cm³/mol. The highest BCUT2D eigenvalue weighted by Crippen LogP contribution is 2.29. The maximum absolute atomic E-state index is 5.64. The summed E-state index contributed by atoms with van der Waals surface area (Å²) >= 11 is 0. The normalized spacial score (nSPS) is 12.8. The van der Waals surface area contributed by atoms with Gasteiger partial charge in [-0.3, -0.25) is 4.40 Å². The Bertz CT molecular complexity index is 1120. The van der Waals surface area contributed by atoms with Crippen LogP contribution in [0.3, 0.4) is 0 Å². The minimum absolute atomic E-state index is 0.653. The molecule has 3 aromatic heterocycles. The maximum Gasteiger partial charge on any atom is 0.210 e. The molecule has 0 atom stereocenters. The van der Waals surface area contributed by atoms with Crippen LogP contribution in [0.25, 0.3) is 16.8 Å². The Hall–Kier alpha value is -3.55. The average Bonchev–Trinajstić information content (AvgIpc) is 3.36. The lowest BCUT2D eigenvalue weighted by Crippen LogP contribution is -2.08. The molecule has 134 valence electrons. The second-order valence-corrected chi connectivity index (χ2v) is 6.38. The van der Waals surface area contributed by atoms with Crippen LogP contribution in [0.5, 0.6) is 5.75 Å². The molecule has 0 bridgehead atoms. The highest BCUT2D eigenvalue weighted by atomic mass is 16.5. The van der Waals surface area contributed by atoms with Crippen LogP contribution in [-0.4, -0.2) is 36.2 Å². The summed E-state index contributed by atoms with van der Waals surface area (Å²) in [4.78, 5) is 13.1. The third-order valence-corrected chi connectivity index (χ3v) is 4.70. The molecule has 1 aliphatic rings. The molecule has 1 N–H and O–H groups in total. The molecule has 5 rings (SSSR count). The summed E-state index contributed by atoms with van der Waals surface area (Å²) in [7, 11) is 0. The van der Waals surface area contributed by atoms with Gasteiger partial charge in [-0.2, -0.15) is 0 Å². The van der Waals surface area contributed by atoms with Crippen molar-refractivity contribution in [2.75, 3.05) is 11.9 Å². The Morgan fingerprint density at radius 1 is 1.15 bits per heavy atom. The van der Waals surface area contributed by atoms with Crippen molar-refractivity contribution in [2.45, 2.75) is 19.9 Å². The number of benzene rings is 1. The second-order valence-electron chi connectivity index (χ2n) is 6.38. The molecule has 1 aliphatic heterocycles. The molecule has 27 heavy (non-hydrogen) atoms. The fraction of sp³-hybridized carbons (Fsp3) is 0.211. The zero-order chi connectivity index (χ0) is 18.2. The largest absolute Gasteiger partial charge is 0.493 e. The quantitative estimate of drug-likeness (QED) is 0.598. The lowest BCUT2D eigenvalue weighted by atomic mass is 10.1. The van der Waals surface area contributed by atoms with E-state index in [4.69, 9.17) is 4.74 Å². The number of nitrogens with one attached hydrogen (secondary N) is 1. The molecular formula is C19H17N7O. The molecular weight excluding hydrogens is 342 g/mol. The standard InChI is InChI=1S/C19H17N7O/c1-12-20-8-14(9-21-12)16-10-23-19(26-11-24-25-18(16)26)22-7-13-3-2-4-17-15(13)5-6-27-17/h2-4,8-11H,5-7H2,1H3,(H,22,23). The van der Waals surface area contributed by atoms with Crippen molar-refractivity contribution < 1.29 is 4.74 Å². The molecule has 0 amide bonds. The first kappa shape index (κ1) is 15.7. The summed E-state index contributed by atoms with van der Waals surface area (Å²) < 4.78 is 7.48. The van der Waals surface area contributed by atoms with Gasteiger partial charge in [-0.15, -0.1) is 10.2 Å². The van der Waals surface area contributed by atoms with Crippen LogP contribution in [0, 0.1) is 6.92 Å². The third kappa shape index (κ3) is 2.75. The molecule has 0 saturated carbocycles. The van der Waals surface area contributed by atoms with Crippen molar-refractivity contribution in [3.05, 3.63) is 60.1 Å². The molecule has 8 nitrogen and oxygen atoms in total. The molecule has 1 aromatic carbocycles. The van der Waals surface area contributed by atoms with Crippen molar-refractivity contribution in [2.24, 2.45) is 0 Å². The highest BCUT2D eigenvalue weighted by molar-refractivity contribution is 5.76. The van der Waals surface area contributed by atoms with E-state index >= 15 is 0 Å². The van der Waals surface area contributed by atoms with E-state index in [1.165, 1.54) is 11.1 Å². The molecule has 0 spiro atoms. The number of hydrogen-bond acceptors (Lipinski definition) is 7. The topological polar surface area (TPSA) is 90.1 Å². The van der Waals surface area contributed by atoms with Gasteiger partial charge in [-0.1, -0.05) is 12.1 Å². The molecule has 8 heteroatoms. The molecule has 0 saturated heterocycles. The van der Waals surface area contributed by atoms with Crippen molar-refractivity contribution >= 4 is 11.6 Å². The van der Waals surface area contributed by atoms with Crippen LogP contribution < -0.4 is 10.1 Å². The minimum atomic E-state index is 0.653. The Labute approximate surface area is 155 Å². The Morgan fingerprint density at radius 3 is 2.93 bits per heavy atom. The number of hydrogen-bond donors (Lipinski definition) is 1. The summed E-state index contributed by atoms with van der Waals surface area (Å²) in [6.07, 6.45) is 7.92. The number of ether oxygens (including phenoxy) is 1. The summed E-state index contributed by atoms with van der Waals surface area (Å²) in [5.74, 6) is 2.39. The molecule has 0 aliphatic carbocycles. The van der Waals surface area contributed by atoms with E-state index in [0.717, 1.165) is 35.7 Å². The zero-order valence-corrected chi connectivity index (χ0v) is 14.8. The highest BCUT2D eigenvalue weighted by Gasteiger charge is 2.16. The van der Waals surface area contributed by atoms with Crippen molar-refractivity contribution in [1.82, 2.24) is 29.5 Å². The van der Waals surface area contributed by atoms with Gasteiger partial charge >= 0.3 is 0 Å². The van der Waals surface area contributed by atoms with Gasteiger partial charge in [0.25, 0.3) is 0 Å². The van der Waals surface area contributed by atoms with Gasteiger partial charge < -0.3 is 10.1 Å². The molecule has 4 heterocycles. The van der Waals surface area contributed by atoms with Gasteiger partial charge in [-0.25, -0.2) is 15.0 Å². The SMILES string of the molecule is Cc1ncc(-c2cnc(NCc3cccc4c3CCO4)n3cnnc23)cn1. The summed E-state index contributed by atoms with van der Waals surface area (Å²) in [6, 6.07) is 6.14. The van der Waals surface area contributed by atoms with Gasteiger partial charge in [0.15, 0.2) is 5.65 Å². The average molecular weight is 359 g/mol. The van der Waals surface area contributed by atoms with Gasteiger partial charge in [0.1, 0.15) is 17.9 Å². The first-order valence-electron chi connectivity index (χ1n) is 8.75. The van der Waals surface area contributed by atoms with E-state index in [2.05, 4.69) is 36.5 Å². The van der Waals surface area contributed by atoms with E-state index in [-0.39, 0.29) is 0 Å². The first-order valence-corrected chi connectivity index (χ1v) is 8.75. The van der Waals surface area contributed by atoms with Gasteiger partial charge in [0.2, 0.25) is 5.95 Å². The van der Waals surface area contributed by atoms with E-state index in [1.807, 2.05) is 23.5 Å². The van der Waals surface area contributed by atoms with Crippen molar-refractivity contribution in [3.63, 3.8) is 0 Å². The van der Waals surface area contributed by atoms with Gasteiger partial charge in [0.05, 0.1) is 6.61 Å². The number of aromatic nitrogens is 6. The predicted octanol–water partition coefficient (Wildman–Crippen LogP) is 2.44. The van der Waals surface area contributed by atoms with Gasteiger partial charge in [-0.05, 0) is 18.6 Å². The summed E-state index contributed by atoms with van der Waals surface area (Å²) in [5.41, 5.74) is 4.88. The number of anilines is 1. The zero-order valence-electron chi connectivity index (χ0n) is 14.8. The van der Waals surface area contributed by atoms with Crippen LogP contribution >= 0.6 is 0 Å². The van der Waals surface area contributed by atoms with Crippen LogP contribution in [-0.2, 0) is 13.0 Å². The van der Waals surface area contributed by atoms with Crippen molar-refractivity contribution in [1.29, 1.82) is 0 Å². The third-order valence-electron chi connectivity index (χ3n) is 4.70. The van der Waals surface area contributed by atoms with E-state index in [1.54, 1.807) is 24.9 Å². The lowest BCUT2D eigenvalue weighted by Gasteiger charge is -2.11. The number of fused-ring (bicyclic) bond motifs is 2. The van der Waals surface area contributed by atoms with Crippen LogP contribution in [0.2, 0.25) is 0 Å². The van der Waals surface area contributed by atoms with Crippen LogP contribution in [0.1, 0.15) is 17.0 Å². The molecule has 0 fully saturated rings. The first-order chi connectivity index (χ1) is 13.3.